The molecular formula is C14H15F3N2O2S. The van der Waals surface area contributed by atoms with Crippen LogP contribution in [0.3, 0.4) is 0 Å². The lowest BCUT2D eigenvalue weighted by Crippen LogP contribution is -2.17. The second kappa shape index (κ2) is 5.68. The number of sulfonamides is 1. The number of rotatable bonds is 3. The molecule has 0 spiro atoms. The van der Waals surface area contributed by atoms with Crippen molar-refractivity contribution in [2.24, 2.45) is 5.92 Å². The van der Waals surface area contributed by atoms with Crippen molar-refractivity contribution in [3.05, 3.63) is 46.9 Å². The lowest BCUT2D eigenvalue weighted by molar-refractivity contribution is -0.137. The second-order valence-electron chi connectivity index (χ2n) is 5.08. The van der Waals surface area contributed by atoms with Crippen LogP contribution in [-0.2, 0) is 16.2 Å². The van der Waals surface area contributed by atoms with Crippen LogP contribution in [0.4, 0.5) is 24.5 Å². The molecule has 8 heteroatoms. The number of nitrogen functional groups attached to an aromatic ring is 1. The molecule has 1 aromatic rings. The van der Waals surface area contributed by atoms with Crippen molar-refractivity contribution in [2.75, 3.05) is 10.5 Å². The number of benzene rings is 1. The number of nitrogens with one attached hydrogen (secondary N) is 1. The Morgan fingerprint density at radius 3 is 2.50 bits per heavy atom. The van der Waals surface area contributed by atoms with E-state index in [1.54, 1.807) is 12.2 Å². The maximum absolute atomic E-state index is 12.6. The van der Waals surface area contributed by atoms with Gasteiger partial charge in [-0.1, -0.05) is 19.1 Å². The van der Waals surface area contributed by atoms with Crippen molar-refractivity contribution < 1.29 is 21.6 Å². The van der Waals surface area contributed by atoms with E-state index < -0.39 is 21.8 Å². The molecule has 0 radical (unpaired) electrons. The second-order valence-corrected chi connectivity index (χ2v) is 6.77. The molecule has 1 aliphatic rings. The van der Waals surface area contributed by atoms with E-state index in [4.69, 9.17) is 5.73 Å². The van der Waals surface area contributed by atoms with Gasteiger partial charge in [0.1, 0.15) is 0 Å². The lowest BCUT2D eigenvalue weighted by Gasteiger charge is -2.15. The highest BCUT2D eigenvalue weighted by Gasteiger charge is 2.31. The summed E-state index contributed by atoms with van der Waals surface area (Å²) in [5, 5.41) is 0. The van der Waals surface area contributed by atoms with Gasteiger partial charge in [0, 0.05) is 0 Å². The van der Waals surface area contributed by atoms with Gasteiger partial charge in [0.05, 0.1) is 21.8 Å². The monoisotopic (exact) mass is 332 g/mol. The van der Waals surface area contributed by atoms with Crippen molar-refractivity contribution in [1.29, 1.82) is 0 Å². The Kier molecular flexibility index (Phi) is 4.23. The van der Waals surface area contributed by atoms with E-state index in [0.717, 1.165) is 12.1 Å². The maximum atomic E-state index is 12.6. The molecule has 3 N–H and O–H groups in total. The minimum atomic E-state index is -4.53. The summed E-state index contributed by atoms with van der Waals surface area (Å²) in [7, 11) is -3.87. The summed E-state index contributed by atoms with van der Waals surface area (Å²) in [6.45, 7) is 1.94. The molecule has 4 nitrogen and oxygen atoms in total. The quantitative estimate of drug-likeness (QED) is 0.832. The van der Waals surface area contributed by atoms with E-state index in [-0.39, 0.29) is 22.2 Å². The van der Waals surface area contributed by atoms with E-state index in [9.17, 15) is 21.6 Å². The van der Waals surface area contributed by atoms with E-state index in [1.807, 2.05) is 6.92 Å². The number of alkyl halides is 3. The van der Waals surface area contributed by atoms with Gasteiger partial charge >= 0.3 is 6.18 Å². The fourth-order valence-corrected chi connectivity index (χ4v) is 3.11. The number of nitrogens with two attached hydrogens (primary N) is 1. The van der Waals surface area contributed by atoms with Crippen LogP contribution in [0, 0.1) is 5.92 Å². The summed E-state index contributed by atoms with van der Waals surface area (Å²) in [4.78, 5) is 0.0740. The Hall–Kier alpha value is -1.96. The first kappa shape index (κ1) is 16.4. The van der Waals surface area contributed by atoms with Gasteiger partial charge in [0.15, 0.2) is 0 Å². The van der Waals surface area contributed by atoms with Crippen LogP contribution in [0.15, 0.2) is 41.3 Å². The molecule has 0 fully saturated rings. The number of anilines is 2. The summed E-state index contributed by atoms with van der Waals surface area (Å²) in [6, 6.07) is 2.48. The van der Waals surface area contributed by atoms with Crippen molar-refractivity contribution >= 4 is 21.4 Å². The Morgan fingerprint density at radius 2 is 2.00 bits per heavy atom. The molecule has 0 bridgehead atoms. The summed E-state index contributed by atoms with van der Waals surface area (Å²) in [5.74, 6) is 0.245. The maximum Gasteiger partial charge on any atom is 0.416 e. The zero-order chi connectivity index (χ0) is 16.5. The fraction of sp³-hybridized carbons (Fsp3) is 0.286. The van der Waals surface area contributed by atoms with Gasteiger partial charge in [-0.05, 0) is 36.6 Å². The van der Waals surface area contributed by atoms with Gasteiger partial charge in [-0.25, -0.2) is 8.42 Å². The van der Waals surface area contributed by atoms with Gasteiger partial charge in [0.2, 0.25) is 0 Å². The Morgan fingerprint density at radius 1 is 1.32 bits per heavy atom. The molecule has 0 amide bonds. The summed E-state index contributed by atoms with van der Waals surface area (Å²) < 4.78 is 64.2. The highest BCUT2D eigenvalue weighted by molar-refractivity contribution is 7.96. The Labute approximate surface area is 126 Å². The zero-order valence-electron chi connectivity index (χ0n) is 11.7. The first-order valence-corrected chi connectivity index (χ1v) is 7.96. The van der Waals surface area contributed by atoms with Crippen LogP contribution >= 0.6 is 0 Å². The molecule has 1 unspecified atom stereocenters. The van der Waals surface area contributed by atoms with Crippen LogP contribution in [0.25, 0.3) is 0 Å². The van der Waals surface area contributed by atoms with Crippen LogP contribution in [0.5, 0.6) is 0 Å². The molecule has 1 atom stereocenters. The standard InChI is InChI=1S/C14H15F3N2O2S/c1-9-2-5-11(6-3-9)22(20,21)19-13-7-4-10(8-12(13)18)14(15,16)17/h2,4-9,19H,3,18H2,1H3. The van der Waals surface area contributed by atoms with Crippen LogP contribution in [0.2, 0.25) is 0 Å². The van der Waals surface area contributed by atoms with E-state index in [2.05, 4.69) is 4.72 Å². The summed E-state index contributed by atoms with van der Waals surface area (Å²) >= 11 is 0. The van der Waals surface area contributed by atoms with Crippen LogP contribution in [0.1, 0.15) is 18.9 Å². The topological polar surface area (TPSA) is 72.2 Å². The molecule has 1 aromatic carbocycles. The lowest BCUT2D eigenvalue weighted by atomic mass is 10.0. The molecular weight excluding hydrogens is 317 g/mol. The van der Waals surface area contributed by atoms with Gasteiger partial charge in [-0.3, -0.25) is 4.72 Å². The molecule has 1 aliphatic carbocycles. The predicted molar refractivity (Wildman–Crippen MR) is 79.4 cm³/mol. The molecule has 2 rings (SSSR count). The van der Waals surface area contributed by atoms with Crippen LogP contribution in [-0.4, -0.2) is 8.42 Å². The first-order chi connectivity index (χ1) is 10.1. The third-order valence-electron chi connectivity index (χ3n) is 3.21. The van der Waals surface area contributed by atoms with Crippen LogP contribution < -0.4 is 10.5 Å². The van der Waals surface area contributed by atoms with Gasteiger partial charge < -0.3 is 5.73 Å². The van der Waals surface area contributed by atoms with E-state index in [1.165, 1.54) is 6.08 Å². The van der Waals surface area contributed by atoms with Crippen molar-refractivity contribution in [2.45, 2.75) is 19.5 Å². The number of halogens is 3. The molecule has 120 valence electrons. The summed E-state index contributed by atoms with van der Waals surface area (Å²) in [5.41, 5.74) is 4.21. The highest BCUT2D eigenvalue weighted by atomic mass is 32.2. The zero-order valence-corrected chi connectivity index (χ0v) is 12.5. The average Bonchev–Trinajstić information content (AvgIpc) is 2.40. The number of hydrogen-bond donors (Lipinski definition) is 2. The fourth-order valence-electron chi connectivity index (χ4n) is 1.94. The molecule has 0 aromatic heterocycles. The predicted octanol–water partition coefficient (Wildman–Crippen LogP) is 3.51. The Balaban J connectivity index is 2.26. The molecule has 0 saturated heterocycles. The Bertz CT molecular complexity index is 737. The highest BCUT2D eigenvalue weighted by Crippen LogP contribution is 2.33. The van der Waals surface area contributed by atoms with Gasteiger partial charge in [-0.2, -0.15) is 13.2 Å². The van der Waals surface area contributed by atoms with Crippen molar-refractivity contribution in [3.8, 4) is 0 Å². The largest absolute Gasteiger partial charge is 0.416 e. The minimum absolute atomic E-state index is 0.0740. The van der Waals surface area contributed by atoms with Gasteiger partial charge in [-0.15, -0.1) is 0 Å². The third-order valence-corrected chi connectivity index (χ3v) is 4.63. The SMILES string of the molecule is CC1C=CC(S(=O)(=O)Nc2ccc(C(F)(F)F)cc2N)=CC1. The third kappa shape index (κ3) is 3.62. The smallest absolute Gasteiger partial charge is 0.397 e. The molecule has 0 saturated carbocycles. The normalized spacial score (nSPS) is 18.9. The van der Waals surface area contributed by atoms with Crippen molar-refractivity contribution in [3.63, 3.8) is 0 Å². The van der Waals surface area contributed by atoms with Crippen molar-refractivity contribution in [1.82, 2.24) is 0 Å². The average molecular weight is 332 g/mol. The summed E-state index contributed by atoms with van der Waals surface area (Å²) in [6.07, 6.45) is 0.834. The number of allylic oxidation sites excluding steroid dienone is 3. The van der Waals surface area contributed by atoms with E-state index in [0.29, 0.717) is 12.5 Å². The first-order valence-electron chi connectivity index (χ1n) is 6.47. The minimum Gasteiger partial charge on any atom is -0.397 e. The number of hydrogen-bond acceptors (Lipinski definition) is 3. The molecule has 0 aliphatic heterocycles. The molecule has 22 heavy (non-hydrogen) atoms. The van der Waals surface area contributed by atoms with Gasteiger partial charge in [0.25, 0.3) is 10.0 Å². The van der Waals surface area contributed by atoms with E-state index >= 15 is 0 Å². The molecule has 0 heterocycles.